The van der Waals surface area contributed by atoms with E-state index in [9.17, 15) is 9.59 Å². The number of hydrogen-bond donors (Lipinski definition) is 1. The Hall–Kier alpha value is -1.31. The van der Waals surface area contributed by atoms with Crippen LogP contribution >= 0.6 is 28.3 Å². The molecule has 0 bridgehead atoms. The number of anilines is 1. The summed E-state index contributed by atoms with van der Waals surface area (Å²) in [6.45, 7) is 1.17. The maximum Gasteiger partial charge on any atom is 0.265 e. The SMILES string of the molecule is Cl.NCC1CCCN1C(=O)CN1C(=O)COc2cc(Br)ccc21. The van der Waals surface area contributed by atoms with Crippen molar-refractivity contribution in [1.82, 2.24) is 4.90 Å². The molecule has 0 aliphatic carbocycles. The third kappa shape index (κ3) is 3.62. The Morgan fingerprint density at radius 1 is 1.43 bits per heavy atom. The molecular weight excluding hydrogens is 386 g/mol. The number of amides is 2. The highest BCUT2D eigenvalue weighted by Crippen LogP contribution is 2.34. The first-order valence-electron chi connectivity index (χ1n) is 7.32. The van der Waals surface area contributed by atoms with Crippen LogP contribution in [-0.4, -0.2) is 49.0 Å². The average molecular weight is 405 g/mol. The van der Waals surface area contributed by atoms with Gasteiger partial charge in [0.05, 0.1) is 5.69 Å². The van der Waals surface area contributed by atoms with Gasteiger partial charge >= 0.3 is 0 Å². The van der Waals surface area contributed by atoms with Gasteiger partial charge in [0.2, 0.25) is 5.91 Å². The molecule has 2 heterocycles. The number of likely N-dealkylation sites (tertiary alicyclic amines) is 1. The number of rotatable bonds is 3. The smallest absolute Gasteiger partial charge is 0.265 e. The van der Waals surface area contributed by atoms with Crippen LogP contribution in [0.4, 0.5) is 5.69 Å². The van der Waals surface area contributed by atoms with E-state index < -0.39 is 0 Å². The van der Waals surface area contributed by atoms with Gasteiger partial charge in [-0.05, 0) is 31.0 Å². The summed E-state index contributed by atoms with van der Waals surface area (Å²) in [7, 11) is 0. The van der Waals surface area contributed by atoms with E-state index in [4.69, 9.17) is 10.5 Å². The van der Waals surface area contributed by atoms with Gasteiger partial charge in [-0.15, -0.1) is 12.4 Å². The van der Waals surface area contributed by atoms with E-state index in [0.717, 1.165) is 17.3 Å². The fourth-order valence-electron chi connectivity index (χ4n) is 2.99. The van der Waals surface area contributed by atoms with Crippen LogP contribution in [0.5, 0.6) is 5.75 Å². The number of hydrogen-bond acceptors (Lipinski definition) is 4. The zero-order valence-corrected chi connectivity index (χ0v) is 14.9. The van der Waals surface area contributed by atoms with Crippen LogP contribution in [0.25, 0.3) is 0 Å². The molecule has 2 amide bonds. The maximum absolute atomic E-state index is 12.5. The van der Waals surface area contributed by atoms with Crippen LogP contribution in [0.15, 0.2) is 22.7 Å². The van der Waals surface area contributed by atoms with Gasteiger partial charge in [0, 0.05) is 23.6 Å². The molecule has 2 aliphatic rings. The van der Waals surface area contributed by atoms with Crippen molar-refractivity contribution in [2.45, 2.75) is 18.9 Å². The Morgan fingerprint density at radius 2 is 2.22 bits per heavy atom. The molecular formula is C15H19BrClN3O3. The first kappa shape index (κ1) is 18.0. The van der Waals surface area contributed by atoms with Crippen LogP contribution in [0.1, 0.15) is 12.8 Å². The Bertz CT molecular complexity index is 614. The van der Waals surface area contributed by atoms with Crippen molar-refractivity contribution in [2.75, 3.05) is 31.1 Å². The highest BCUT2D eigenvalue weighted by atomic mass is 79.9. The Kier molecular flexibility index (Phi) is 5.89. The molecule has 1 aromatic carbocycles. The van der Waals surface area contributed by atoms with Gasteiger partial charge in [-0.25, -0.2) is 0 Å². The standard InChI is InChI=1S/C15H18BrN3O3.ClH/c16-10-3-4-12-13(6-10)22-9-15(21)19(12)8-14(20)18-5-1-2-11(18)7-17;/h3-4,6,11H,1-2,5,7-9,17H2;1H. The Morgan fingerprint density at radius 3 is 2.96 bits per heavy atom. The van der Waals surface area contributed by atoms with E-state index in [1.165, 1.54) is 4.90 Å². The van der Waals surface area contributed by atoms with Gasteiger partial charge in [0.15, 0.2) is 6.61 Å². The van der Waals surface area contributed by atoms with Crippen molar-refractivity contribution in [3.8, 4) is 5.75 Å². The fraction of sp³-hybridized carbons (Fsp3) is 0.467. The van der Waals surface area contributed by atoms with Crippen molar-refractivity contribution in [1.29, 1.82) is 0 Å². The minimum atomic E-state index is -0.202. The number of fused-ring (bicyclic) bond motifs is 1. The molecule has 1 atom stereocenters. The van der Waals surface area contributed by atoms with Crippen LogP contribution < -0.4 is 15.4 Å². The van der Waals surface area contributed by atoms with Gasteiger partial charge in [0.25, 0.3) is 5.91 Å². The molecule has 8 heteroatoms. The lowest BCUT2D eigenvalue weighted by molar-refractivity contribution is -0.132. The lowest BCUT2D eigenvalue weighted by Gasteiger charge is -2.31. The summed E-state index contributed by atoms with van der Waals surface area (Å²) in [5, 5.41) is 0. The molecule has 1 fully saturated rings. The van der Waals surface area contributed by atoms with Gasteiger partial charge in [-0.1, -0.05) is 15.9 Å². The van der Waals surface area contributed by atoms with Crippen molar-refractivity contribution in [3.05, 3.63) is 22.7 Å². The van der Waals surface area contributed by atoms with Gasteiger partial charge < -0.3 is 15.4 Å². The molecule has 3 rings (SSSR count). The molecule has 1 aromatic rings. The summed E-state index contributed by atoms with van der Waals surface area (Å²) in [4.78, 5) is 28.0. The summed E-state index contributed by atoms with van der Waals surface area (Å²) in [5.41, 5.74) is 6.35. The van der Waals surface area contributed by atoms with E-state index in [-0.39, 0.29) is 43.4 Å². The van der Waals surface area contributed by atoms with Crippen molar-refractivity contribution < 1.29 is 14.3 Å². The van der Waals surface area contributed by atoms with E-state index in [1.807, 2.05) is 6.07 Å². The minimum Gasteiger partial charge on any atom is -0.482 e. The maximum atomic E-state index is 12.5. The van der Waals surface area contributed by atoms with E-state index >= 15 is 0 Å². The average Bonchev–Trinajstić information content (AvgIpc) is 2.98. The molecule has 23 heavy (non-hydrogen) atoms. The van der Waals surface area contributed by atoms with Gasteiger partial charge in [-0.3, -0.25) is 14.5 Å². The van der Waals surface area contributed by atoms with Gasteiger partial charge in [0.1, 0.15) is 12.3 Å². The molecule has 0 saturated carbocycles. The molecule has 1 saturated heterocycles. The molecule has 2 N–H and O–H groups in total. The highest BCUT2D eigenvalue weighted by molar-refractivity contribution is 9.10. The fourth-order valence-corrected chi connectivity index (χ4v) is 3.33. The summed E-state index contributed by atoms with van der Waals surface area (Å²) < 4.78 is 6.30. The monoisotopic (exact) mass is 403 g/mol. The van der Waals surface area contributed by atoms with Crippen LogP contribution in [-0.2, 0) is 9.59 Å². The van der Waals surface area contributed by atoms with Crippen molar-refractivity contribution >= 4 is 45.8 Å². The number of nitrogens with zero attached hydrogens (tertiary/aromatic N) is 2. The third-order valence-electron chi connectivity index (χ3n) is 4.13. The number of carbonyl (C=O) groups is 2. The van der Waals surface area contributed by atoms with Crippen LogP contribution in [0.2, 0.25) is 0 Å². The minimum absolute atomic E-state index is 0. The zero-order chi connectivity index (χ0) is 15.7. The van der Waals surface area contributed by atoms with Gasteiger partial charge in [-0.2, -0.15) is 0 Å². The highest BCUT2D eigenvalue weighted by Gasteiger charge is 2.32. The number of carbonyl (C=O) groups excluding carboxylic acids is 2. The summed E-state index contributed by atoms with van der Waals surface area (Å²) in [5.74, 6) is 0.349. The summed E-state index contributed by atoms with van der Waals surface area (Å²) >= 11 is 3.37. The molecule has 1 unspecified atom stereocenters. The van der Waals surface area contributed by atoms with E-state index in [2.05, 4.69) is 15.9 Å². The molecule has 6 nitrogen and oxygen atoms in total. The van der Waals surface area contributed by atoms with Crippen LogP contribution in [0.3, 0.4) is 0 Å². The topological polar surface area (TPSA) is 75.9 Å². The predicted molar refractivity (Wildman–Crippen MR) is 93.0 cm³/mol. The number of ether oxygens (including phenoxy) is 1. The van der Waals surface area contributed by atoms with Crippen LogP contribution in [0, 0.1) is 0 Å². The molecule has 2 aliphatic heterocycles. The number of benzene rings is 1. The van der Waals surface area contributed by atoms with E-state index in [1.54, 1.807) is 17.0 Å². The molecule has 126 valence electrons. The summed E-state index contributed by atoms with van der Waals surface area (Å²) in [6, 6.07) is 5.51. The second-order valence-electron chi connectivity index (χ2n) is 5.50. The first-order chi connectivity index (χ1) is 10.6. The molecule has 0 spiro atoms. The first-order valence-corrected chi connectivity index (χ1v) is 8.11. The number of nitrogens with two attached hydrogens (primary N) is 1. The number of halogens is 2. The summed E-state index contributed by atoms with van der Waals surface area (Å²) in [6.07, 6.45) is 1.90. The molecule has 0 aromatic heterocycles. The molecule has 0 radical (unpaired) electrons. The Balaban J connectivity index is 0.00000192. The van der Waals surface area contributed by atoms with Crippen molar-refractivity contribution in [3.63, 3.8) is 0 Å². The zero-order valence-electron chi connectivity index (χ0n) is 12.5. The van der Waals surface area contributed by atoms with Crippen molar-refractivity contribution in [2.24, 2.45) is 5.73 Å². The normalized spacial score (nSPS) is 19.9. The van der Waals surface area contributed by atoms with E-state index in [0.29, 0.717) is 24.5 Å². The third-order valence-corrected chi connectivity index (χ3v) is 4.62. The largest absolute Gasteiger partial charge is 0.482 e. The Labute approximate surface area is 149 Å². The predicted octanol–water partition coefficient (Wildman–Crippen LogP) is 1.55. The lowest BCUT2D eigenvalue weighted by Crippen LogP contribution is -2.48. The second kappa shape index (κ2) is 7.51. The lowest BCUT2D eigenvalue weighted by atomic mass is 10.2. The second-order valence-corrected chi connectivity index (χ2v) is 6.42. The quantitative estimate of drug-likeness (QED) is 0.829.